The number of hydrogen-bond donors (Lipinski definition) is 2. The van der Waals surface area contributed by atoms with Gasteiger partial charge in [0.2, 0.25) is 11.8 Å². The Morgan fingerprint density at radius 1 is 1.38 bits per heavy atom. The van der Waals surface area contributed by atoms with E-state index in [2.05, 4.69) is 5.32 Å². The van der Waals surface area contributed by atoms with Crippen molar-refractivity contribution >= 4 is 17.6 Å². The molecule has 0 saturated carbocycles. The first-order valence-electron chi connectivity index (χ1n) is 8.17. The fourth-order valence-corrected chi connectivity index (χ4v) is 3.63. The molecule has 1 unspecified atom stereocenters. The minimum atomic E-state index is -1.69. The number of rotatable bonds is 2. The monoisotopic (exact) mass is 353 g/mol. The van der Waals surface area contributed by atoms with Gasteiger partial charge in [-0.25, -0.2) is 4.79 Å². The van der Waals surface area contributed by atoms with Gasteiger partial charge >= 0.3 is 5.97 Å². The largest absolute Gasteiger partial charge is 0.459 e. The molecule has 2 aliphatic rings. The van der Waals surface area contributed by atoms with Crippen molar-refractivity contribution in [2.75, 3.05) is 5.32 Å². The third-order valence-electron chi connectivity index (χ3n) is 4.51. The molecule has 1 aromatic rings. The number of nitriles is 1. The smallest absolute Gasteiger partial charge is 0.339 e. The van der Waals surface area contributed by atoms with E-state index in [9.17, 15) is 14.9 Å². The van der Waals surface area contributed by atoms with Crippen LogP contribution in [0.25, 0.3) is 0 Å². The number of nitrogens with zero attached hydrogens (tertiary/aromatic N) is 1. The summed E-state index contributed by atoms with van der Waals surface area (Å²) in [4.78, 5) is 26.1. The highest BCUT2D eigenvalue weighted by Gasteiger charge is 2.60. The number of nitrogens with two attached hydrogens (primary N) is 1. The van der Waals surface area contributed by atoms with Crippen LogP contribution in [-0.2, 0) is 24.5 Å². The fourth-order valence-electron chi connectivity index (χ4n) is 3.63. The van der Waals surface area contributed by atoms with Crippen LogP contribution in [0.5, 0.6) is 0 Å². The van der Waals surface area contributed by atoms with Crippen LogP contribution in [0.4, 0.5) is 5.69 Å². The molecule has 0 bridgehead atoms. The maximum atomic E-state index is 13.2. The van der Waals surface area contributed by atoms with E-state index in [0.29, 0.717) is 11.3 Å². The highest BCUT2D eigenvalue weighted by Crippen LogP contribution is 2.53. The van der Waals surface area contributed by atoms with E-state index >= 15 is 0 Å². The molecule has 1 amide bonds. The van der Waals surface area contributed by atoms with Gasteiger partial charge in [0.05, 0.1) is 6.10 Å². The van der Waals surface area contributed by atoms with Gasteiger partial charge in [-0.2, -0.15) is 5.26 Å². The molecule has 7 nitrogen and oxygen atoms in total. The number of fused-ring (bicyclic) bond motifs is 2. The van der Waals surface area contributed by atoms with Crippen LogP contribution >= 0.6 is 0 Å². The number of anilines is 1. The van der Waals surface area contributed by atoms with Crippen LogP contribution in [0.2, 0.25) is 0 Å². The highest BCUT2D eigenvalue weighted by atomic mass is 16.5. The number of allylic oxidation sites excluding steroid dienone is 1. The average molecular weight is 353 g/mol. The first-order chi connectivity index (χ1) is 12.2. The van der Waals surface area contributed by atoms with Crippen LogP contribution in [0.3, 0.4) is 0 Å². The van der Waals surface area contributed by atoms with Crippen molar-refractivity contribution in [3.8, 4) is 6.07 Å². The van der Waals surface area contributed by atoms with Crippen molar-refractivity contribution in [2.45, 2.75) is 39.2 Å². The number of carbonyl (C=O) groups excluding carboxylic acids is 2. The summed E-state index contributed by atoms with van der Waals surface area (Å²) in [7, 11) is 0. The van der Waals surface area contributed by atoms with Crippen molar-refractivity contribution in [1.29, 1.82) is 5.26 Å². The second kappa shape index (κ2) is 5.92. The fraction of sp³-hybridized carbons (Fsp3) is 0.316. The maximum Gasteiger partial charge on any atom is 0.339 e. The molecule has 0 aromatic heterocycles. The van der Waals surface area contributed by atoms with Crippen molar-refractivity contribution < 1.29 is 19.1 Å². The molecule has 2 aliphatic heterocycles. The predicted octanol–water partition coefficient (Wildman–Crippen LogP) is 2.13. The molecule has 0 radical (unpaired) electrons. The Labute approximate surface area is 151 Å². The number of amides is 1. The lowest BCUT2D eigenvalue weighted by atomic mass is 9.67. The number of nitrogens with one attached hydrogen (secondary N) is 1. The van der Waals surface area contributed by atoms with E-state index in [1.807, 2.05) is 19.1 Å². The third-order valence-corrected chi connectivity index (χ3v) is 4.51. The van der Waals surface area contributed by atoms with E-state index in [-0.39, 0.29) is 22.8 Å². The molecular formula is C19H19N3O4. The van der Waals surface area contributed by atoms with Crippen LogP contribution < -0.4 is 11.1 Å². The molecule has 1 aromatic carbocycles. The number of hydrogen-bond acceptors (Lipinski definition) is 6. The number of carbonyl (C=O) groups is 2. The van der Waals surface area contributed by atoms with Gasteiger partial charge in [-0.15, -0.1) is 0 Å². The summed E-state index contributed by atoms with van der Waals surface area (Å²) < 4.78 is 10.8. The summed E-state index contributed by atoms with van der Waals surface area (Å²) in [5.41, 5.74) is 5.89. The Morgan fingerprint density at radius 3 is 2.69 bits per heavy atom. The van der Waals surface area contributed by atoms with Crippen molar-refractivity contribution in [2.24, 2.45) is 5.73 Å². The minimum absolute atomic E-state index is 0.0255. The molecule has 7 heteroatoms. The number of benzene rings is 1. The summed E-state index contributed by atoms with van der Waals surface area (Å²) in [6, 6.07) is 7.28. The topological polar surface area (TPSA) is 114 Å². The van der Waals surface area contributed by atoms with Crippen molar-refractivity contribution in [3.63, 3.8) is 0 Å². The van der Waals surface area contributed by atoms with Crippen molar-refractivity contribution in [3.05, 3.63) is 52.1 Å². The summed E-state index contributed by atoms with van der Waals surface area (Å²) in [5.74, 6) is -1.31. The normalized spacial score (nSPS) is 21.5. The first-order valence-corrected chi connectivity index (χ1v) is 8.17. The first kappa shape index (κ1) is 17.5. The Balaban J connectivity index is 2.40. The van der Waals surface area contributed by atoms with Crippen LogP contribution in [0, 0.1) is 18.3 Å². The average Bonchev–Trinajstić information content (AvgIpc) is 2.80. The quantitative estimate of drug-likeness (QED) is 0.787. The molecule has 0 saturated heterocycles. The van der Waals surface area contributed by atoms with Gasteiger partial charge in [-0.05, 0) is 39.3 Å². The van der Waals surface area contributed by atoms with Gasteiger partial charge in [0.1, 0.15) is 23.0 Å². The Kier molecular flexibility index (Phi) is 3.99. The third kappa shape index (κ3) is 2.19. The Bertz CT molecular complexity index is 937. The predicted molar refractivity (Wildman–Crippen MR) is 93.3 cm³/mol. The summed E-state index contributed by atoms with van der Waals surface area (Å²) >= 11 is 0. The van der Waals surface area contributed by atoms with Gasteiger partial charge in [0.25, 0.3) is 0 Å². The van der Waals surface area contributed by atoms with E-state index in [1.54, 1.807) is 26.0 Å². The van der Waals surface area contributed by atoms with Gasteiger partial charge in [0, 0.05) is 11.3 Å². The molecular weight excluding hydrogens is 334 g/mol. The Morgan fingerprint density at radius 2 is 2.08 bits per heavy atom. The zero-order valence-corrected chi connectivity index (χ0v) is 15.0. The number of aryl methyl sites for hydroxylation is 1. The molecule has 0 fully saturated rings. The molecule has 3 rings (SSSR count). The SMILES string of the molecule is CC1=C(C(=O)OC(C)C)C2(C(=O)Nc3cccc(C)c32)C(C#N)=C(N)O1. The zero-order chi connectivity index (χ0) is 19.2. The van der Waals surface area contributed by atoms with Gasteiger partial charge in [0.15, 0.2) is 5.41 Å². The van der Waals surface area contributed by atoms with E-state index in [1.165, 1.54) is 6.92 Å². The number of ether oxygens (including phenoxy) is 2. The summed E-state index contributed by atoms with van der Waals surface area (Å²) in [5, 5.41) is 12.5. The summed E-state index contributed by atoms with van der Waals surface area (Å²) in [6.45, 7) is 6.74. The molecule has 134 valence electrons. The van der Waals surface area contributed by atoms with Gasteiger partial charge in [-0.3, -0.25) is 4.79 Å². The molecule has 2 heterocycles. The number of esters is 1. The minimum Gasteiger partial charge on any atom is -0.459 e. The van der Waals surface area contributed by atoms with E-state index in [4.69, 9.17) is 15.2 Å². The second-order valence-corrected chi connectivity index (χ2v) is 6.54. The molecule has 0 aliphatic carbocycles. The summed E-state index contributed by atoms with van der Waals surface area (Å²) in [6.07, 6.45) is -0.408. The van der Waals surface area contributed by atoms with Crippen LogP contribution in [0.15, 0.2) is 41.0 Å². The van der Waals surface area contributed by atoms with Gasteiger partial charge in [-0.1, -0.05) is 12.1 Å². The molecule has 3 N–H and O–H groups in total. The van der Waals surface area contributed by atoms with Crippen molar-refractivity contribution in [1.82, 2.24) is 0 Å². The maximum absolute atomic E-state index is 13.2. The molecule has 1 spiro atoms. The van der Waals surface area contributed by atoms with Gasteiger partial charge < -0.3 is 20.5 Å². The van der Waals surface area contributed by atoms with Crippen LogP contribution in [0.1, 0.15) is 31.9 Å². The standard InChI is InChI=1S/C19H19N3O4/c1-9(2)25-17(23)15-11(4)26-16(21)12(8-20)19(15)14-10(3)6-5-7-13(14)22-18(19)24/h5-7,9H,21H2,1-4H3,(H,22,24). The van der Waals surface area contributed by atoms with Crippen LogP contribution in [-0.4, -0.2) is 18.0 Å². The Hall–Kier alpha value is -3.27. The highest BCUT2D eigenvalue weighted by molar-refractivity contribution is 6.17. The second-order valence-electron chi connectivity index (χ2n) is 6.54. The zero-order valence-electron chi connectivity index (χ0n) is 15.0. The molecule has 26 heavy (non-hydrogen) atoms. The lowest BCUT2D eigenvalue weighted by molar-refractivity contribution is -0.144. The van der Waals surface area contributed by atoms with E-state index in [0.717, 1.165) is 5.56 Å². The lowest BCUT2D eigenvalue weighted by Crippen LogP contribution is -2.46. The lowest BCUT2D eigenvalue weighted by Gasteiger charge is -2.34. The van der Waals surface area contributed by atoms with E-state index < -0.39 is 23.4 Å². The molecule has 1 atom stereocenters.